The largest absolute Gasteiger partial charge is 0.471 e. The number of hydrogen-bond acceptors (Lipinski definition) is 3. The van der Waals surface area contributed by atoms with Gasteiger partial charge in [0.25, 0.3) is 5.91 Å². The molecule has 0 bridgehead atoms. The number of carbonyl (C=O) groups is 1. The lowest BCUT2D eigenvalue weighted by molar-refractivity contribution is -0.120. The molecule has 0 fully saturated rings. The van der Waals surface area contributed by atoms with Crippen LogP contribution in [0.3, 0.4) is 0 Å². The predicted molar refractivity (Wildman–Crippen MR) is 68.2 cm³/mol. The molecule has 1 aromatic rings. The van der Waals surface area contributed by atoms with E-state index in [1.165, 1.54) is 0 Å². The fourth-order valence-corrected chi connectivity index (χ4v) is 3.81. The van der Waals surface area contributed by atoms with E-state index in [-0.39, 0.29) is 5.91 Å². The Bertz CT molecular complexity index is 478. The van der Waals surface area contributed by atoms with Crippen molar-refractivity contribution in [1.29, 1.82) is 0 Å². The molecule has 2 rings (SSSR count). The molecule has 5 heteroatoms. The first kappa shape index (κ1) is 12.2. The van der Waals surface area contributed by atoms with Gasteiger partial charge in [0, 0.05) is 12.3 Å². The number of hydrogen-bond donors (Lipinski definition) is 1. The van der Waals surface area contributed by atoms with Crippen LogP contribution in [-0.4, -0.2) is 24.1 Å². The Kier molecular flexibility index (Phi) is 3.25. The Balaban J connectivity index is 2.35. The standard InChI is InChI=1S/C12H16NO3P/c1-3-17(15,4-2)12-11(14)13-9-7-5-6-8-10(9)16-12/h5-8,12H,3-4H2,1-2H3,(H,13,14). The molecule has 1 amide bonds. The number of anilines is 1. The van der Waals surface area contributed by atoms with Crippen molar-refractivity contribution in [1.82, 2.24) is 0 Å². The molecule has 0 saturated carbocycles. The van der Waals surface area contributed by atoms with Crippen molar-refractivity contribution in [2.24, 2.45) is 0 Å². The molecule has 0 aromatic heterocycles. The molecule has 0 saturated heterocycles. The molecule has 0 aliphatic carbocycles. The molecule has 1 aliphatic heterocycles. The zero-order chi connectivity index (χ0) is 12.5. The lowest BCUT2D eigenvalue weighted by Gasteiger charge is -2.30. The Labute approximate surface area is 101 Å². The van der Waals surface area contributed by atoms with Gasteiger partial charge in [-0.15, -0.1) is 0 Å². The minimum Gasteiger partial charge on any atom is -0.471 e. The third-order valence-corrected chi connectivity index (χ3v) is 6.44. The fraction of sp³-hybridized carbons (Fsp3) is 0.417. The summed E-state index contributed by atoms with van der Waals surface area (Å²) >= 11 is 0. The molecule has 1 atom stereocenters. The summed E-state index contributed by atoms with van der Waals surface area (Å²) in [4.78, 5) is 11.9. The van der Waals surface area contributed by atoms with E-state index in [0.717, 1.165) is 0 Å². The maximum Gasteiger partial charge on any atom is 0.273 e. The zero-order valence-corrected chi connectivity index (χ0v) is 10.9. The Morgan fingerprint density at radius 3 is 2.59 bits per heavy atom. The monoisotopic (exact) mass is 253 g/mol. The van der Waals surface area contributed by atoms with Gasteiger partial charge >= 0.3 is 0 Å². The molecule has 1 aromatic carbocycles. The number of amides is 1. The third-order valence-electron chi connectivity index (χ3n) is 3.11. The van der Waals surface area contributed by atoms with E-state index in [2.05, 4.69) is 5.32 Å². The van der Waals surface area contributed by atoms with Crippen LogP contribution in [0.15, 0.2) is 24.3 Å². The van der Waals surface area contributed by atoms with Gasteiger partial charge in [-0.3, -0.25) is 4.79 Å². The molecule has 0 radical (unpaired) electrons. The highest BCUT2D eigenvalue weighted by molar-refractivity contribution is 7.65. The van der Waals surface area contributed by atoms with Crippen LogP contribution in [-0.2, 0) is 9.36 Å². The number of benzene rings is 1. The van der Waals surface area contributed by atoms with Crippen LogP contribution in [0, 0.1) is 0 Å². The average Bonchev–Trinajstić information content (AvgIpc) is 2.37. The van der Waals surface area contributed by atoms with E-state index in [9.17, 15) is 9.36 Å². The maximum atomic E-state index is 12.5. The summed E-state index contributed by atoms with van der Waals surface area (Å²) in [7, 11) is -2.60. The Morgan fingerprint density at radius 2 is 1.94 bits per heavy atom. The van der Waals surface area contributed by atoms with Crippen LogP contribution >= 0.6 is 7.14 Å². The molecule has 1 heterocycles. The Hall–Kier alpha value is -1.28. The molecule has 1 aliphatic rings. The van der Waals surface area contributed by atoms with Gasteiger partial charge in [0.1, 0.15) is 12.9 Å². The van der Waals surface area contributed by atoms with Gasteiger partial charge in [-0.2, -0.15) is 0 Å². The van der Waals surface area contributed by atoms with E-state index < -0.39 is 13.0 Å². The molecular weight excluding hydrogens is 237 g/mol. The van der Waals surface area contributed by atoms with E-state index in [1.807, 2.05) is 26.0 Å². The zero-order valence-electron chi connectivity index (χ0n) is 9.97. The van der Waals surface area contributed by atoms with Gasteiger partial charge in [-0.05, 0) is 12.1 Å². The van der Waals surface area contributed by atoms with Gasteiger partial charge in [-0.25, -0.2) is 0 Å². The van der Waals surface area contributed by atoms with Crippen LogP contribution in [0.5, 0.6) is 5.75 Å². The molecule has 1 unspecified atom stereocenters. The normalized spacial score (nSPS) is 19.2. The van der Waals surface area contributed by atoms with Gasteiger partial charge in [0.15, 0.2) is 0 Å². The minimum absolute atomic E-state index is 0.296. The topological polar surface area (TPSA) is 55.4 Å². The molecule has 92 valence electrons. The number of carbonyl (C=O) groups excluding carboxylic acids is 1. The van der Waals surface area contributed by atoms with Crippen molar-refractivity contribution in [2.45, 2.75) is 19.7 Å². The number of rotatable bonds is 3. The third kappa shape index (κ3) is 2.09. The highest BCUT2D eigenvalue weighted by atomic mass is 31.2. The van der Waals surface area contributed by atoms with Crippen molar-refractivity contribution >= 4 is 18.7 Å². The van der Waals surface area contributed by atoms with Gasteiger partial charge in [-0.1, -0.05) is 26.0 Å². The highest BCUT2D eigenvalue weighted by Gasteiger charge is 2.40. The van der Waals surface area contributed by atoms with Crippen LogP contribution in [0.1, 0.15) is 13.8 Å². The first-order chi connectivity index (χ1) is 8.10. The van der Waals surface area contributed by atoms with Gasteiger partial charge < -0.3 is 14.6 Å². The van der Waals surface area contributed by atoms with E-state index >= 15 is 0 Å². The summed E-state index contributed by atoms with van der Waals surface area (Å²) in [5, 5.41) is 2.75. The fourth-order valence-electron chi connectivity index (χ4n) is 1.91. The number of para-hydroxylation sites is 2. The lowest BCUT2D eigenvalue weighted by atomic mass is 10.2. The summed E-state index contributed by atoms with van der Waals surface area (Å²) < 4.78 is 18.2. The Morgan fingerprint density at radius 1 is 1.29 bits per heavy atom. The van der Waals surface area contributed by atoms with Gasteiger partial charge in [0.2, 0.25) is 5.85 Å². The molecule has 4 nitrogen and oxygen atoms in total. The molecule has 17 heavy (non-hydrogen) atoms. The highest BCUT2D eigenvalue weighted by Crippen LogP contribution is 2.52. The maximum absolute atomic E-state index is 12.5. The SMILES string of the molecule is CCP(=O)(CC)C1Oc2ccccc2NC1=O. The lowest BCUT2D eigenvalue weighted by Crippen LogP contribution is -2.37. The smallest absolute Gasteiger partial charge is 0.273 e. The van der Waals surface area contributed by atoms with Crippen LogP contribution in [0.25, 0.3) is 0 Å². The number of fused-ring (bicyclic) bond motifs is 1. The summed E-state index contributed by atoms with van der Waals surface area (Å²) in [6, 6.07) is 7.20. The predicted octanol–water partition coefficient (Wildman–Crippen LogP) is 2.75. The molecule has 0 spiro atoms. The summed E-state index contributed by atoms with van der Waals surface area (Å²) in [5.74, 6) is -0.539. The number of nitrogens with one attached hydrogen (secondary N) is 1. The average molecular weight is 253 g/mol. The van der Waals surface area contributed by atoms with Crippen molar-refractivity contribution in [3.8, 4) is 5.75 Å². The summed E-state index contributed by atoms with van der Waals surface area (Å²) in [6.07, 6.45) is 0.952. The van der Waals surface area contributed by atoms with Crippen LogP contribution < -0.4 is 10.1 Å². The molecular formula is C12H16NO3P. The van der Waals surface area contributed by atoms with E-state index in [0.29, 0.717) is 23.8 Å². The second kappa shape index (κ2) is 4.53. The second-order valence-electron chi connectivity index (χ2n) is 4.04. The van der Waals surface area contributed by atoms with Crippen molar-refractivity contribution < 1.29 is 14.1 Å². The molecule has 1 N–H and O–H groups in total. The quantitative estimate of drug-likeness (QED) is 0.843. The van der Waals surface area contributed by atoms with E-state index in [4.69, 9.17) is 4.74 Å². The number of ether oxygens (including phenoxy) is 1. The summed E-state index contributed by atoms with van der Waals surface area (Å²) in [6.45, 7) is 3.67. The first-order valence-corrected chi connectivity index (χ1v) is 7.89. The summed E-state index contributed by atoms with van der Waals surface area (Å²) in [5.41, 5.74) is 0.646. The second-order valence-corrected chi connectivity index (χ2v) is 7.68. The van der Waals surface area contributed by atoms with Crippen LogP contribution in [0.4, 0.5) is 5.69 Å². The van der Waals surface area contributed by atoms with Crippen LogP contribution in [0.2, 0.25) is 0 Å². The van der Waals surface area contributed by atoms with Crippen molar-refractivity contribution in [3.63, 3.8) is 0 Å². The minimum atomic E-state index is -2.60. The van der Waals surface area contributed by atoms with E-state index in [1.54, 1.807) is 12.1 Å². The van der Waals surface area contributed by atoms with Crippen molar-refractivity contribution in [2.75, 3.05) is 17.6 Å². The first-order valence-electron chi connectivity index (χ1n) is 5.75. The van der Waals surface area contributed by atoms with Crippen molar-refractivity contribution in [3.05, 3.63) is 24.3 Å². The van der Waals surface area contributed by atoms with Gasteiger partial charge in [0.05, 0.1) is 5.69 Å².